The summed E-state index contributed by atoms with van der Waals surface area (Å²) in [6.45, 7) is 0.786. The summed E-state index contributed by atoms with van der Waals surface area (Å²) >= 11 is 5.73. The first-order valence-corrected chi connectivity index (χ1v) is 8.87. The lowest BCUT2D eigenvalue weighted by atomic mass is 10.1. The number of nitrogens with zero attached hydrogens (tertiary/aromatic N) is 2. The van der Waals surface area contributed by atoms with Crippen molar-refractivity contribution in [1.82, 2.24) is 9.55 Å². The average Bonchev–Trinajstić information content (AvgIpc) is 2.93. The molecular formula is C15H22N2OS2. The van der Waals surface area contributed by atoms with E-state index in [1.165, 1.54) is 49.9 Å². The third-order valence-corrected chi connectivity index (χ3v) is 4.64. The van der Waals surface area contributed by atoms with Gasteiger partial charge in [0.15, 0.2) is 0 Å². The minimum atomic E-state index is 0.102. The van der Waals surface area contributed by atoms with Crippen molar-refractivity contribution in [3.63, 3.8) is 0 Å². The predicted molar refractivity (Wildman–Crippen MR) is 90.1 cm³/mol. The first-order chi connectivity index (χ1) is 9.83. The van der Waals surface area contributed by atoms with Crippen LogP contribution in [0.3, 0.4) is 0 Å². The van der Waals surface area contributed by atoms with Gasteiger partial charge in [-0.2, -0.15) is 12.6 Å². The van der Waals surface area contributed by atoms with Crippen molar-refractivity contribution in [2.75, 3.05) is 5.75 Å². The molecule has 0 aliphatic carbocycles. The van der Waals surface area contributed by atoms with Crippen molar-refractivity contribution in [2.45, 2.75) is 51.5 Å². The highest BCUT2D eigenvalue weighted by Gasteiger charge is 2.04. The highest BCUT2D eigenvalue weighted by molar-refractivity contribution is 7.80. The molecule has 0 unspecified atom stereocenters. The van der Waals surface area contributed by atoms with E-state index in [9.17, 15) is 4.79 Å². The Balaban J connectivity index is 1.71. The summed E-state index contributed by atoms with van der Waals surface area (Å²) in [5.74, 6) is 1.00. The maximum atomic E-state index is 12.2. The van der Waals surface area contributed by atoms with Crippen molar-refractivity contribution >= 4 is 34.2 Å². The van der Waals surface area contributed by atoms with Crippen LogP contribution in [0.1, 0.15) is 44.9 Å². The lowest BCUT2D eigenvalue weighted by Gasteiger charge is -2.05. The summed E-state index contributed by atoms with van der Waals surface area (Å²) in [4.78, 5) is 17.3. The van der Waals surface area contributed by atoms with Crippen LogP contribution in [0.2, 0.25) is 0 Å². The van der Waals surface area contributed by atoms with Crippen molar-refractivity contribution in [3.05, 3.63) is 28.1 Å². The molecule has 0 aliphatic rings. The Kier molecular flexibility index (Phi) is 6.60. The Morgan fingerprint density at radius 1 is 1.10 bits per heavy atom. The number of fused-ring (bicyclic) bond motifs is 1. The summed E-state index contributed by atoms with van der Waals surface area (Å²) in [5, 5.41) is 2.68. The van der Waals surface area contributed by atoms with Gasteiger partial charge in [-0.15, -0.1) is 11.3 Å². The molecule has 0 bridgehead atoms. The highest BCUT2D eigenvalue weighted by atomic mass is 32.1. The van der Waals surface area contributed by atoms with Crippen LogP contribution >= 0.6 is 24.0 Å². The van der Waals surface area contributed by atoms with E-state index in [4.69, 9.17) is 0 Å². The van der Waals surface area contributed by atoms with Gasteiger partial charge >= 0.3 is 0 Å². The zero-order valence-electron chi connectivity index (χ0n) is 11.8. The third kappa shape index (κ3) is 4.35. The number of thiophene rings is 1. The smallest absolute Gasteiger partial charge is 0.262 e. The fraction of sp³-hybridized carbons (Fsp3) is 0.600. The normalized spacial score (nSPS) is 11.2. The van der Waals surface area contributed by atoms with E-state index in [0.717, 1.165) is 28.9 Å². The summed E-state index contributed by atoms with van der Waals surface area (Å²) < 4.78 is 1.75. The number of thiol groups is 1. The fourth-order valence-electron chi connectivity index (χ4n) is 2.33. The van der Waals surface area contributed by atoms with Crippen molar-refractivity contribution in [2.24, 2.45) is 0 Å². The van der Waals surface area contributed by atoms with Crippen molar-refractivity contribution in [3.8, 4) is 0 Å². The van der Waals surface area contributed by atoms with Gasteiger partial charge in [-0.3, -0.25) is 9.36 Å². The van der Waals surface area contributed by atoms with Gasteiger partial charge in [0.05, 0.1) is 11.7 Å². The summed E-state index contributed by atoms with van der Waals surface area (Å²) in [6.07, 6.45) is 10.3. The highest BCUT2D eigenvalue weighted by Crippen LogP contribution is 2.13. The number of aryl methyl sites for hydroxylation is 1. The maximum absolute atomic E-state index is 12.2. The molecule has 0 saturated heterocycles. The number of aromatic nitrogens is 2. The van der Waals surface area contributed by atoms with E-state index in [-0.39, 0.29) is 5.56 Å². The topological polar surface area (TPSA) is 34.9 Å². The largest absolute Gasteiger partial charge is 0.299 e. The Bertz CT molecular complexity index is 577. The molecule has 2 aromatic rings. The van der Waals surface area contributed by atoms with Crippen LogP contribution in [0.4, 0.5) is 0 Å². The third-order valence-electron chi connectivity index (χ3n) is 3.51. The van der Waals surface area contributed by atoms with Gasteiger partial charge in [-0.05, 0) is 30.0 Å². The van der Waals surface area contributed by atoms with E-state index in [1.54, 1.807) is 10.9 Å². The number of rotatable bonds is 9. The molecule has 0 spiro atoms. The summed E-state index contributed by atoms with van der Waals surface area (Å²) in [5.41, 5.74) is 0.102. The molecule has 2 rings (SSSR count). The summed E-state index contributed by atoms with van der Waals surface area (Å²) in [6, 6.07) is 1.87. The van der Waals surface area contributed by atoms with Crippen molar-refractivity contribution < 1.29 is 0 Å². The molecule has 0 N–H and O–H groups in total. The Morgan fingerprint density at radius 2 is 1.80 bits per heavy atom. The quantitative estimate of drug-likeness (QED) is 0.558. The predicted octanol–water partition coefficient (Wildman–Crippen LogP) is 4.12. The zero-order chi connectivity index (χ0) is 14.2. The van der Waals surface area contributed by atoms with Gasteiger partial charge in [0.25, 0.3) is 5.56 Å². The van der Waals surface area contributed by atoms with Crippen LogP contribution in [0, 0.1) is 0 Å². The van der Waals surface area contributed by atoms with Crippen LogP contribution in [0.25, 0.3) is 10.2 Å². The Labute approximate surface area is 129 Å². The van der Waals surface area contributed by atoms with Gasteiger partial charge in [-0.25, -0.2) is 4.98 Å². The standard InChI is InChI=1S/C15H22N2OS2/c18-15-13-8-11-20-14(13)16-12-17(15)9-6-4-2-1-3-5-7-10-19/h8,11-12,19H,1-7,9-10H2. The summed E-state index contributed by atoms with van der Waals surface area (Å²) in [7, 11) is 0. The number of hydrogen-bond acceptors (Lipinski definition) is 4. The lowest BCUT2D eigenvalue weighted by molar-refractivity contribution is 0.542. The molecule has 0 aliphatic heterocycles. The Morgan fingerprint density at radius 3 is 2.55 bits per heavy atom. The van der Waals surface area contributed by atoms with E-state index in [0.29, 0.717) is 0 Å². The first-order valence-electron chi connectivity index (χ1n) is 7.36. The van der Waals surface area contributed by atoms with Gasteiger partial charge in [0.1, 0.15) is 4.83 Å². The van der Waals surface area contributed by atoms with E-state index in [2.05, 4.69) is 17.6 Å². The van der Waals surface area contributed by atoms with E-state index < -0.39 is 0 Å². The fourth-order valence-corrected chi connectivity index (χ4v) is 3.28. The Hall–Kier alpha value is -0.810. The van der Waals surface area contributed by atoms with Crippen LogP contribution in [0.15, 0.2) is 22.6 Å². The van der Waals surface area contributed by atoms with Crippen molar-refractivity contribution in [1.29, 1.82) is 0 Å². The van der Waals surface area contributed by atoms with E-state index in [1.807, 2.05) is 11.4 Å². The maximum Gasteiger partial charge on any atom is 0.262 e. The number of unbranched alkanes of at least 4 members (excludes halogenated alkanes) is 6. The van der Waals surface area contributed by atoms with Gasteiger partial charge in [0, 0.05) is 6.54 Å². The first kappa shape index (κ1) is 15.6. The molecular weight excluding hydrogens is 288 g/mol. The molecule has 2 aromatic heterocycles. The van der Waals surface area contributed by atoms with E-state index >= 15 is 0 Å². The minimum Gasteiger partial charge on any atom is -0.299 e. The van der Waals surface area contributed by atoms with Crippen LogP contribution < -0.4 is 5.56 Å². The molecule has 0 atom stereocenters. The molecule has 3 nitrogen and oxygen atoms in total. The van der Waals surface area contributed by atoms with Gasteiger partial charge in [-0.1, -0.05) is 32.1 Å². The van der Waals surface area contributed by atoms with Gasteiger partial charge < -0.3 is 0 Å². The molecule has 0 radical (unpaired) electrons. The second-order valence-electron chi connectivity index (χ2n) is 5.08. The molecule has 0 aromatic carbocycles. The molecule has 0 amide bonds. The van der Waals surface area contributed by atoms with Gasteiger partial charge in [0.2, 0.25) is 0 Å². The van der Waals surface area contributed by atoms with Crippen LogP contribution in [0.5, 0.6) is 0 Å². The SMILES string of the molecule is O=c1c2ccsc2ncn1CCCCCCCCCS. The monoisotopic (exact) mass is 310 g/mol. The molecule has 110 valence electrons. The molecule has 2 heterocycles. The molecule has 5 heteroatoms. The molecule has 0 saturated carbocycles. The second kappa shape index (κ2) is 8.47. The lowest BCUT2D eigenvalue weighted by Crippen LogP contribution is -2.19. The van der Waals surface area contributed by atoms with Crippen LogP contribution in [-0.4, -0.2) is 15.3 Å². The second-order valence-corrected chi connectivity index (χ2v) is 6.42. The average molecular weight is 310 g/mol. The molecule has 20 heavy (non-hydrogen) atoms. The number of hydrogen-bond donors (Lipinski definition) is 1. The zero-order valence-corrected chi connectivity index (χ0v) is 13.5. The minimum absolute atomic E-state index is 0.102. The van der Waals surface area contributed by atoms with Crippen LogP contribution in [-0.2, 0) is 6.54 Å². The molecule has 0 fully saturated rings.